The number of nitrogens with one attached hydrogen (secondary N) is 1. The van der Waals surface area contributed by atoms with E-state index in [0.29, 0.717) is 11.4 Å². The summed E-state index contributed by atoms with van der Waals surface area (Å²) in [6.07, 6.45) is 0. The second-order valence-electron chi connectivity index (χ2n) is 4.69. The number of para-hydroxylation sites is 2. The average molecular weight is 312 g/mol. The minimum Gasteiger partial charge on any atom is -0.465 e. The standard InChI is InChI=1S/C17H16N2O4/c1-19(14-11-7-6-10-13(14)17(22)23-2)16(21)15(20)18-12-8-4-3-5-9-12/h3-11H,1-2H3,(H,18,20). The van der Waals surface area contributed by atoms with E-state index in [0.717, 1.165) is 4.90 Å². The highest BCUT2D eigenvalue weighted by Gasteiger charge is 2.24. The maximum atomic E-state index is 12.3. The number of hydrogen-bond donors (Lipinski definition) is 1. The molecular formula is C17H16N2O4. The molecule has 2 aromatic rings. The summed E-state index contributed by atoms with van der Waals surface area (Å²) in [4.78, 5) is 37.2. The molecule has 2 aromatic carbocycles. The molecule has 2 amide bonds. The van der Waals surface area contributed by atoms with E-state index < -0.39 is 17.8 Å². The lowest BCUT2D eigenvalue weighted by Gasteiger charge is -2.19. The normalized spacial score (nSPS) is 9.83. The minimum atomic E-state index is -0.793. The molecule has 0 bridgehead atoms. The molecule has 0 aliphatic carbocycles. The Morgan fingerprint density at radius 2 is 1.57 bits per heavy atom. The second-order valence-corrected chi connectivity index (χ2v) is 4.69. The van der Waals surface area contributed by atoms with Crippen LogP contribution >= 0.6 is 0 Å². The number of methoxy groups -OCH3 is 1. The molecule has 0 saturated heterocycles. The Balaban J connectivity index is 2.20. The fourth-order valence-corrected chi connectivity index (χ4v) is 2.02. The summed E-state index contributed by atoms with van der Waals surface area (Å²) in [5, 5.41) is 2.51. The average Bonchev–Trinajstić information content (AvgIpc) is 2.60. The predicted octanol–water partition coefficient (Wildman–Crippen LogP) is 2.07. The molecule has 0 saturated carbocycles. The summed E-state index contributed by atoms with van der Waals surface area (Å²) < 4.78 is 4.69. The van der Waals surface area contributed by atoms with Crippen LogP contribution in [0.15, 0.2) is 54.6 Å². The van der Waals surface area contributed by atoms with Crippen molar-refractivity contribution in [1.82, 2.24) is 0 Å². The van der Waals surface area contributed by atoms with Gasteiger partial charge in [-0.25, -0.2) is 4.79 Å². The number of likely N-dealkylation sites (N-methyl/N-ethyl adjacent to an activating group) is 1. The molecule has 0 spiro atoms. The summed E-state index contributed by atoms with van der Waals surface area (Å²) in [5.74, 6) is -2.16. The topological polar surface area (TPSA) is 75.7 Å². The largest absolute Gasteiger partial charge is 0.465 e. The molecule has 0 aliphatic heterocycles. The first-order valence-electron chi connectivity index (χ1n) is 6.86. The van der Waals surface area contributed by atoms with Crippen LogP contribution in [0.4, 0.5) is 11.4 Å². The molecule has 2 rings (SSSR count). The van der Waals surface area contributed by atoms with Gasteiger partial charge in [0.2, 0.25) is 0 Å². The van der Waals surface area contributed by atoms with Crippen molar-refractivity contribution >= 4 is 29.2 Å². The van der Waals surface area contributed by atoms with Crippen LogP contribution < -0.4 is 10.2 Å². The summed E-state index contributed by atoms with van der Waals surface area (Å²) in [5.41, 5.74) is 1.02. The Labute approximate surface area is 133 Å². The Morgan fingerprint density at radius 3 is 2.22 bits per heavy atom. The molecule has 0 fully saturated rings. The van der Waals surface area contributed by atoms with Gasteiger partial charge >= 0.3 is 17.8 Å². The summed E-state index contributed by atoms with van der Waals surface area (Å²) >= 11 is 0. The number of rotatable bonds is 3. The fraction of sp³-hybridized carbons (Fsp3) is 0.118. The van der Waals surface area contributed by atoms with Crippen LogP contribution in [-0.2, 0) is 14.3 Å². The highest BCUT2D eigenvalue weighted by molar-refractivity contribution is 6.44. The lowest BCUT2D eigenvalue weighted by molar-refractivity contribution is -0.134. The van der Waals surface area contributed by atoms with Crippen molar-refractivity contribution in [1.29, 1.82) is 0 Å². The van der Waals surface area contributed by atoms with Crippen molar-refractivity contribution in [2.75, 3.05) is 24.4 Å². The van der Waals surface area contributed by atoms with Crippen molar-refractivity contribution < 1.29 is 19.1 Å². The molecule has 0 aliphatic rings. The molecule has 6 heteroatoms. The maximum absolute atomic E-state index is 12.3. The fourth-order valence-electron chi connectivity index (χ4n) is 2.02. The number of carbonyl (C=O) groups is 3. The first-order valence-corrected chi connectivity index (χ1v) is 6.86. The van der Waals surface area contributed by atoms with Gasteiger partial charge in [-0.1, -0.05) is 30.3 Å². The van der Waals surface area contributed by atoms with Gasteiger partial charge in [-0.3, -0.25) is 9.59 Å². The van der Waals surface area contributed by atoms with Crippen LogP contribution in [0.2, 0.25) is 0 Å². The van der Waals surface area contributed by atoms with E-state index in [2.05, 4.69) is 10.1 Å². The Hall–Kier alpha value is -3.15. The van der Waals surface area contributed by atoms with Crippen LogP contribution in [-0.4, -0.2) is 31.9 Å². The van der Waals surface area contributed by atoms with E-state index in [4.69, 9.17) is 0 Å². The third kappa shape index (κ3) is 3.74. The molecule has 23 heavy (non-hydrogen) atoms. The van der Waals surface area contributed by atoms with Gasteiger partial charge < -0.3 is 15.0 Å². The van der Waals surface area contributed by atoms with Crippen molar-refractivity contribution in [3.05, 3.63) is 60.2 Å². The summed E-state index contributed by atoms with van der Waals surface area (Å²) in [7, 11) is 2.68. The van der Waals surface area contributed by atoms with Gasteiger partial charge in [0.05, 0.1) is 18.4 Å². The number of hydrogen-bond acceptors (Lipinski definition) is 4. The van der Waals surface area contributed by atoms with Gasteiger partial charge in [0.15, 0.2) is 0 Å². The van der Waals surface area contributed by atoms with E-state index in [1.165, 1.54) is 20.2 Å². The van der Waals surface area contributed by atoms with Crippen LogP contribution in [0.3, 0.4) is 0 Å². The zero-order valence-electron chi connectivity index (χ0n) is 12.8. The van der Waals surface area contributed by atoms with E-state index in [1.807, 2.05) is 0 Å². The quantitative estimate of drug-likeness (QED) is 0.695. The van der Waals surface area contributed by atoms with Crippen molar-refractivity contribution in [3.8, 4) is 0 Å². The van der Waals surface area contributed by atoms with E-state index in [-0.39, 0.29) is 5.56 Å². The highest BCUT2D eigenvalue weighted by atomic mass is 16.5. The number of benzene rings is 2. The monoisotopic (exact) mass is 312 g/mol. The molecule has 0 unspecified atom stereocenters. The minimum absolute atomic E-state index is 0.207. The Bertz CT molecular complexity index is 728. The van der Waals surface area contributed by atoms with Gasteiger partial charge in [0, 0.05) is 12.7 Å². The molecule has 0 aromatic heterocycles. The molecule has 0 atom stereocenters. The third-order valence-electron chi connectivity index (χ3n) is 3.20. The predicted molar refractivity (Wildman–Crippen MR) is 86.3 cm³/mol. The molecule has 0 heterocycles. The van der Waals surface area contributed by atoms with Crippen LogP contribution in [0.1, 0.15) is 10.4 Å². The number of ether oxygens (including phenoxy) is 1. The highest BCUT2D eigenvalue weighted by Crippen LogP contribution is 2.20. The van der Waals surface area contributed by atoms with E-state index >= 15 is 0 Å². The first kappa shape index (κ1) is 16.2. The molecular weight excluding hydrogens is 296 g/mol. The first-order chi connectivity index (χ1) is 11.0. The van der Waals surface area contributed by atoms with Gasteiger partial charge in [-0.15, -0.1) is 0 Å². The van der Waals surface area contributed by atoms with Crippen molar-refractivity contribution in [2.45, 2.75) is 0 Å². The van der Waals surface area contributed by atoms with Gasteiger partial charge in [0.25, 0.3) is 0 Å². The SMILES string of the molecule is COC(=O)c1ccccc1N(C)C(=O)C(=O)Nc1ccccc1. The van der Waals surface area contributed by atoms with Crippen LogP contribution in [0.5, 0.6) is 0 Å². The summed E-state index contributed by atoms with van der Waals surface area (Å²) in [6, 6.07) is 15.1. The molecule has 118 valence electrons. The number of anilines is 2. The van der Waals surface area contributed by atoms with Gasteiger partial charge in [-0.05, 0) is 24.3 Å². The van der Waals surface area contributed by atoms with Gasteiger partial charge in [0.1, 0.15) is 0 Å². The zero-order chi connectivity index (χ0) is 16.8. The zero-order valence-corrected chi connectivity index (χ0v) is 12.8. The lowest BCUT2D eigenvalue weighted by atomic mass is 10.1. The number of amides is 2. The van der Waals surface area contributed by atoms with Crippen molar-refractivity contribution in [2.24, 2.45) is 0 Å². The Kier molecular flexibility index (Phi) is 5.09. The van der Waals surface area contributed by atoms with Crippen LogP contribution in [0.25, 0.3) is 0 Å². The lowest BCUT2D eigenvalue weighted by Crippen LogP contribution is -2.37. The molecule has 0 radical (unpaired) electrons. The molecule has 6 nitrogen and oxygen atoms in total. The number of nitrogens with zero attached hydrogens (tertiary/aromatic N) is 1. The number of carbonyl (C=O) groups excluding carboxylic acids is 3. The van der Waals surface area contributed by atoms with E-state index in [1.54, 1.807) is 48.5 Å². The van der Waals surface area contributed by atoms with Crippen molar-refractivity contribution in [3.63, 3.8) is 0 Å². The van der Waals surface area contributed by atoms with Gasteiger partial charge in [-0.2, -0.15) is 0 Å². The van der Waals surface area contributed by atoms with Crippen LogP contribution in [0, 0.1) is 0 Å². The summed E-state index contributed by atoms with van der Waals surface area (Å²) in [6.45, 7) is 0. The van der Waals surface area contributed by atoms with E-state index in [9.17, 15) is 14.4 Å². The smallest absolute Gasteiger partial charge is 0.339 e. The third-order valence-corrected chi connectivity index (χ3v) is 3.20. The molecule has 1 N–H and O–H groups in total. The number of esters is 1. The maximum Gasteiger partial charge on any atom is 0.339 e. The second kappa shape index (κ2) is 7.22. The Morgan fingerprint density at radius 1 is 0.957 bits per heavy atom.